The molecule has 0 spiro atoms. The molecule has 0 aliphatic heterocycles. The molecule has 1 saturated carbocycles. The average molecular weight is 400 g/mol. The van der Waals surface area contributed by atoms with Crippen LogP contribution in [0.4, 0.5) is 0 Å². The maximum atomic E-state index is 10.5. The fourth-order valence-electron chi connectivity index (χ4n) is 4.77. The van der Waals surface area contributed by atoms with Crippen LogP contribution in [0.3, 0.4) is 0 Å². The molecule has 0 bridgehead atoms. The number of aliphatic hydroxyl groups is 1. The first kappa shape index (κ1) is 21.7. The van der Waals surface area contributed by atoms with Crippen molar-refractivity contribution in [3.05, 3.63) is 59.2 Å². The van der Waals surface area contributed by atoms with Crippen LogP contribution in [0.5, 0.6) is 0 Å². The topological polar surface area (TPSA) is 23.5 Å². The predicted octanol–water partition coefficient (Wildman–Crippen LogP) is 5.11. The third-order valence-electron chi connectivity index (χ3n) is 6.17. The van der Waals surface area contributed by atoms with E-state index in [2.05, 4.69) is 80.2 Å². The number of aliphatic hydroxyl groups excluding tert-OH is 1. The molecule has 154 valence electrons. The van der Waals surface area contributed by atoms with E-state index in [9.17, 15) is 5.11 Å². The lowest BCUT2D eigenvalue weighted by Crippen LogP contribution is -2.17. The second-order valence-electron chi connectivity index (χ2n) is 8.90. The highest BCUT2D eigenvalue weighted by Gasteiger charge is 2.43. The van der Waals surface area contributed by atoms with Crippen LogP contribution < -0.4 is 0 Å². The highest BCUT2D eigenvalue weighted by atomic mass is 32.2. The van der Waals surface area contributed by atoms with E-state index in [4.69, 9.17) is 0 Å². The maximum absolute atomic E-state index is 10.5. The Labute approximate surface area is 176 Å². The first-order valence-corrected chi connectivity index (χ1v) is 12.0. The van der Waals surface area contributed by atoms with Crippen LogP contribution in [0.2, 0.25) is 0 Å². The van der Waals surface area contributed by atoms with E-state index >= 15 is 0 Å². The van der Waals surface area contributed by atoms with Gasteiger partial charge >= 0.3 is 0 Å². The molecule has 4 atom stereocenters. The summed E-state index contributed by atoms with van der Waals surface area (Å²) in [4.78, 5) is 2.26. The van der Waals surface area contributed by atoms with Crippen molar-refractivity contribution in [2.24, 2.45) is 17.8 Å². The van der Waals surface area contributed by atoms with Gasteiger partial charge in [0.1, 0.15) is 0 Å². The van der Waals surface area contributed by atoms with Crippen LogP contribution in [0, 0.1) is 24.7 Å². The third kappa shape index (κ3) is 6.23. The number of nitrogens with zero attached hydrogens (tertiary/aromatic N) is 1. The SMILES string of the molecule is Cc1cccc(CC/C=C/[C@@H]2[C@H]3CC(CSCCCN(C)C)=C[C@H]3C[C@H]2O)c1. The smallest absolute Gasteiger partial charge is 0.0611 e. The summed E-state index contributed by atoms with van der Waals surface area (Å²) in [5.41, 5.74) is 4.36. The van der Waals surface area contributed by atoms with Crippen LogP contribution in [-0.4, -0.2) is 48.3 Å². The summed E-state index contributed by atoms with van der Waals surface area (Å²) in [6.45, 7) is 3.33. The predicted molar refractivity (Wildman–Crippen MR) is 123 cm³/mol. The van der Waals surface area contributed by atoms with E-state index in [-0.39, 0.29) is 6.10 Å². The van der Waals surface area contributed by atoms with Crippen molar-refractivity contribution in [1.29, 1.82) is 0 Å². The first-order valence-electron chi connectivity index (χ1n) is 10.8. The van der Waals surface area contributed by atoms with Crippen molar-refractivity contribution < 1.29 is 5.11 Å². The summed E-state index contributed by atoms with van der Waals surface area (Å²) in [5.74, 6) is 3.99. The molecule has 0 amide bonds. The van der Waals surface area contributed by atoms with Crippen LogP contribution in [0.15, 0.2) is 48.1 Å². The molecule has 2 aliphatic rings. The molecule has 1 N–H and O–H groups in total. The fraction of sp³-hybridized carbons (Fsp3) is 0.600. The molecule has 28 heavy (non-hydrogen) atoms. The lowest BCUT2D eigenvalue weighted by Gasteiger charge is -2.18. The minimum absolute atomic E-state index is 0.157. The number of allylic oxidation sites excluding steroid dienone is 2. The van der Waals surface area contributed by atoms with Crippen molar-refractivity contribution in [2.75, 3.05) is 32.1 Å². The van der Waals surface area contributed by atoms with Crippen molar-refractivity contribution in [3.8, 4) is 0 Å². The van der Waals surface area contributed by atoms with E-state index in [1.165, 1.54) is 42.0 Å². The van der Waals surface area contributed by atoms with Crippen molar-refractivity contribution in [2.45, 2.75) is 45.1 Å². The average Bonchev–Trinajstić information content (AvgIpc) is 3.15. The summed E-state index contributed by atoms with van der Waals surface area (Å²) < 4.78 is 0. The quantitative estimate of drug-likeness (QED) is 0.437. The number of fused-ring (bicyclic) bond motifs is 1. The second kappa shape index (κ2) is 10.7. The number of hydrogen-bond donors (Lipinski definition) is 1. The standard InChI is InChI=1S/C25H37NOS/c1-19-8-6-10-20(14-19)9-4-5-11-23-24-16-21(15-22(24)17-25(23)27)18-28-13-7-12-26(2)3/h5-6,8,10-11,14-15,22-25,27H,4,7,9,12-13,16-18H2,1-3H3/b11-5+/t22-,23+,24-,25+/m0/s1. The summed E-state index contributed by atoms with van der Waals surface area (Å²) in [6.07, 6.45) is 12.5. The molecule has 0 aromatic heterocycles. The van der Waals surface area contributed by atoms with Crippen LogP contribution in [-0.2, 0) is 6.42 Å². The van der Waals surface area contributed by atoms with Gasteiger partial charge in [-0.25, -0.2) is 0 Å². The third-order valence-corrected chi connectivity index (χ3v) is 7.32. The van der Waals surface area contributed by atoms with Gasteiger partial charge in [-0.2, -0.15) is 11.8 Å². The van der Waals surface area contributed by atoms with Gasteiger partial charge in [-0.05, 0) is 82.8 Å². The molecule has 0 radical (unpaired) electrons. The monoisotopic (exact) mass is 399 g/mol. The molecule has 3 heteroatoms. The van der Waals surface area contributed by atoms with Crippen LogP contribution in [0.25, 0.3) is 0 Å². The molecule has 1 aromatic rings. The zero-order valence-electron chi connectivity index (χ0n) is 17.8. The van der Waals surface area contributed by atoms with E-state index in [0.29, 0.717) is 17.8 Å². The minimum Gasteiger partial charge on any atom is -0.392 e. The summed E-state index contributed by atoms with van der Waals surface area (Å²) in [7, 11) is 4.29. The van der Waals surface area contributed by atoms with Gasteiger partial charge in [0.25, 0.3) is 0 Å². The van der Waals surface area contributed by atoms with Crippen molar-refractivity contribution in [1.82, 2.24) is 4.90 Å². The molecule has 0 unspecified atom stereocenters. The number of thioether (sulfide) groups is 1. The van der Waals surface area contributed by atoms with E-state index in [1.54, 1.807) is 5.57 Å². The Morgan fingerprint density at radius 2 is 2.14 bits per heavy atom. The van der Waals surface area contributed by atoms with Gasteiger partial charge in [-0.3, -0.25) is 0 Å². The Kier molecular flexibility index (Phi) is 8.25. The zero-order valence-corrected chi connectivity index (χ0v) is 18.6. The molecule has 0 heterocycles. The van der Waals surface area contributed by atoms with Crippen molar-refractivity contribution >= 4 is 11.8 Å². The Morgan fingerprint density at radius 3 is 2.93 bits per heavy atom. The normalized spacial score (nSPS) is 27.0. The minimum atomic E-state index is -0.157. The second-order valence-corrected chi connectivity index (χ2v) is 10.0. The van der Waals surface area contributed by atoms with Gasteiger partial charge in [-0.15, -0.1) is 0 Å². The highest BCUT2D eigenvalue weighted by molar-refractivity contribution is 7.99. The Hall–Kier alpha value is -1.03. The molecule has 2 aliphatic carbocycles. The lowest BCUT2D eigenvalue weighted by atomic mass is 9.89. The lowest BCUT2D eigenvalue weighted by molar-refractivity contribution is 0.141. The Bertz CT molecular complexity index is 681. The van der Waals surface area contributed by atoms with Gasteiger partial charge in [0.2, 0.25) is 0 Å². The highest BCUT2D eigenvalue weighted by Crippen LogP contribution is 2.47. The molecule has 0 saturated heterocycles. The number of hydrogen-bond acceptors (Lipinski definition) is 3. The zero-order chi connectivity index (χ0) is 19.9. The van der Waals surface area contributed by atoms with E-state index in [0.717, 1.165) is 19.3 Å². The van der Waals surface area contributed by atoms with Crippen LogP contribution in [0.1, 0.15) is 36.8 Å². The maximum Gasteiger partial charge on any atom is 0.0611 e. The molecule has 2 nitrogen and oxygen atoms in total. The van der Waals surface area contributed by atoms with Gasteiger partial charge in [0, 0.05) is 11.7 Å². The molecule has 1 fully saturated rings. The van der Waals surface area contributed by atoms with Gasteiger partial charge in [0.05, 0.1) is 6.10 Å². The molecule has 3 rings (SSSR count). The number of benzene rings is 1. The fourth-order valence-corrected chi connectivity index (χ4v) is 5.72. The summed E-state index contributed by atoms with van der Waals surface area (Å²) in [6, 6.07) is 8.78. The van der Waals surface area contributed by atoms with Crippen LogP contribution >= 0.6 is 11.8 Å². The number of rotatable bonds is 10. The molecule has 1 aromatic carbocycles. The summed E-state index contributed by atoms with van der Waals surface area (Å²) in [5, 5.41) is 10.5. The molecular weight excluding hydrogens is 362 g/mol. The largest absolute Gasteiger partial charge is 0.392 e. The first-order chi connectivity index (χ1) is 13.5. The Balaban J connectivity index is 1.42. The van der Waals surface area contributed by atoms with Gasteiger partial charge < -0.3 is 10.0 Å². The Morgan fingerprint density at radius 1 is 1.29 bits per heavy atom. The van der Waals surface area contributed by atoms with E-state index in [1.807, 2.05) is 0 Å². The van der Waals surface area contributed by atoms with Crippen molar-refractivity contribution in [3.63, 3.8) is 0 Å². The van der Waals surface area contributed by atoms with Gasteiger partial charge in [-0.1, -0.05) is 53.6 Å². The van der Waals surface area contributed by atoms with Gasteiger partial charge in [0.15, 0.2) is 0 Å². The number of aryl methyl sites for hydroxylation is 2. The van der Waals surface area contributed by atoms with E-state index < -0.39 is 0 Å². The summed E-state index contributed by atoms with van der Waals surface area (Å²) >= 11 is 2.08. The molecular formula is C25H37NOS.